The number of ether oxygens (including phenoxy) is 2. The molecule has 39 heavy (non-hydrogen) atoms. The number of likely N-dealkylation sites (tertiary alicyclic amines) is 1. The van der Waals surface area contributed by atoms with Crippen molar-refractivity contribution in [2.24, 2.45) is 0 Å². The molecule has 0 bridgehead atoms. The topological polar surface area (TPSA) is 79.3 Å². The van der Waals surface area contributed by atoms with Gasteiger partial charge in [-0.3, -0.25) is 0 Å². The average Bonchev–Trinajstić information content (AvgIpc) is 2.87. The van der Waals surface area contributed by atoms with Crippen LogP contribution in [-0.2, 0) is 15.1 Å². The Kier molecular flexibility index (Phi) is 8.31. The molecule has 212 valence electrons. The fourth-order valence-corrected chi connectivity index (χ4v) is 5.84. The molecular formula is C32H44N2O5. The van der Waals surface area contributed by atoms with E-state index in [0.29, 0.717) is 38.4 Å². The lowest BCUT2D eigenvalue weighted by Gasteiger charge is -2.45. The first-order valence-electron chi connectivity index (χ1n) is 14.1. The van der Waals surface area contributed by atoms with Gasteiger partial charge >= 0.3 is 12.2 Å². The van der Waals surface area contributed by atoms with E-state index in [9.17, 15) is 14.7 Å². The van der Waals surface area contributed by atoms with E-state index < -0.39 is 16.8 Å². The molecule has 7 heteroatoms. The molecule has 2 heterocycles. The molecule has 0 radical (unpaired) electrons. The van der Waals surface area contributed by atoms with E-state index >= 15 is 0 Å². The first-order valence-corrected chi connectivity index (χ1v) is 14.1. The number of carbonyl (C=O) groups is 2. The number of benzene rings is 2. The van der Waals surface area contributed by atoms with Gasteiger partial charge in [0.05, 0.1) is 11.6 Å². The summed E-state index contributed by atoms with van der Waals surface area (Å²) in [4.78, 5) is 29.3. The van der Waals surface area contributed by atoms with Gasteiger partial charge in [0.1, 0.15) is 11.2 Å². The van der Waals surface area contributed by atoms with Crippen molar-refractivity contribution in [1.29, 1.82) is 0 Å². The average molecular weight is 537 g/mol. The maximum absolute atomic E-state index is 13.4. The molecule has 0 spiro atoms. The summed E-state index contributed by atoms with van der Waals surface area (Å²) in [6, 6.07) is 18.1. The van der Waals surface area contributed by atoms with Crippen molar-refractivity contribution in [3.63, 3.8) is 0 Å². The largest absolute Gasteiger partial charge is 0.444 e. The second-order valence-electron chi connectivity index (χ2n) is 12.7. The normalized spacial score (nSPS) is 21.9. The summed E-state index contributed by atoms with van der Waals surface area (Å²) >= 11 is 0. The zero-order chi connectivity index (χ0) is 28.4. The van der Waals surface area contributed by atoms with Gasteiger partial charge in [0.15, 0.2) is 0 Å². The third kappa shape index (κ3) is 7.13. The lowest BCUT2D eigenvalue weighted by atomic mass is 9.80. The molecule has 0 aliphatic carbocycles. The van der Waals surface area contributed by atoms with E-state index in [2.05, 4.69) is 24.3 Å². The van der Waals surface area contributed by atoms with Crippen LogP contribution in [0, 0.1) is 0 Å². The summed E-state index contributed by atoms with van der Waals surface area (Å²) in [5, 5.41) is 10.6. The van der Waals surface area contributed by atoms with E-state index in [1.807, 2.05) is 58.0 Å². The number of piperidine rings is 1. The van der Waals surface area contributed by atoms with Crippen molar-refractivity contribution in [1.82, 2.24) is 9.80 Å². The third-order valence-corrected chi connectivity index (χ3v) is 7.80. The van der Waals surface area contributed by atoms with Crippen molar-refractivity contribution in [3.8, 4) is 0 Å². The number of nitrogens with zero attached hydrogens (tertiary/aromatic N) is 2. The predicted octanol–water partition coefficient (Wildman–Crippen LogP) is 6.76. The number of hydrogen-bond acceptors (Lipinski definition) is 5. The Morgan fingerprint density at radius 3 is 2.18 bits per heavy atom. The summed E-state index contributed by atoms with van der Waals surface area (Å²) in [6.45, 7) is 13.1. The highest BCUT2D eigenvalue weighted by Crippen LogP contribution is 2.42. The second kappa shape index (κ2) is 11.2. The molecule has 2 amide bonds. The van der Waals surface area contributed by atoms with Crippen molar-refractivity contribution >= 4 is 12.2 Å². The Balaban J connectivity index is 1.39. The van der Waals surface area contributed by atoms with Crippen molar-refractivity contribution in [3.05, 3.63) is 71.3 Å². The molecule has 0 unspecified atom stereocenters. The Labute approximate surface area is 233 Å². The van der Waals surface area contributed by atoms with Crippen LogP contribution in [0.25, 0.3) is 0 Å². The molecule has 2 aromatic carbocycles. The number of hydrogen-bond donors (Lipinski definition) is 1. The summed E-state index contributed by atoms with van der Waals surface area (Å²) in [7, 11) is 0. The van der Waals surface area contributed by atoms with E-state index in [0.717, 1.165) is 24.0 Å². The van der Waals surface area contributed by atoms with E-state index in [4.69, 9.17) is 9.47 Å². The summed E-state index contributed by atoms with van der Waals surface area (Å²) in [5.74, 6) is 0.390. The fourth-order valence-electron chi connectivity index (χ4n) is 5.84. The first kappa shape index (κ1) is 28.9. The van der Waals surface area contributed by atoms with Gasteiger partial charge in [-0.15, -0.1) is 0 Å². The van der Waals surface area contributed by atoms with E-state index in [1.165, 1.54) is 5.56 Å². The predicted molar refractivity (Wildman–Crippen MR) is 151 cm³/mol. The fraction of sp³-hybridized carbons (Fsp3) is 0.562. The summed E-state index contributed by atoms with van der Waals surface area (Å²) in [6.07, 6.45) is 2.13. The second-order valence-corrected chi connectivity index (χ2v) is 12.7. The van der Waals surface area contributed by atoms with Crippen LogP contribution in [0.4, 0.5) is 9.59 Å². The maximum Gasteiger partial charge on any atom is 0.411 e. The maximum atomic E-state index is 13.4. The van der Waals surface area contributed by atoms with Gasteiger partial charge in [0.2, 0.25) is 0 Å². The van der Waals surface area contributed by atoms with Crippen LogP contribution in [0.15, 0.2) is 54.6 Å². The zero-order valence-corrected chi connectivity index (χ0v) is 24.3. The minimum Gasteiger partial charge on any atom is -0.444 e. The molecule has 4 rings (SSSR count). The van der Waals surface area contributed by atoms with Gasteiger partial charge < -0.3 is 24.4 Å². The third-order valence-electron chi connectivity index (χ3n) is 7.80. The van der Waals surface area contributed by atoms with Gasteiger partial charge in [-0.25, -0.2) is 9.59 Å². The van der Waals surface area contributed by atoms with Crippen LogP contribution >= 0.6 is 0 Å². The van der Waals surface area contributed by atoms with Crippen LogP contribution < -0.4 is 0 Å². The zero-order valence-electron chi connectivity index (χ0n) is 24.3. The minimum atomic E-state index is -0.983. The van der Waals surface area contributed by atoms with Crippen molar-refractivity contribution in [2.75, 3.05) is 19.6 Å². The number of aliphatic hydroxyl groups is 1. The Morgan fingerprint density at radius 2 is 1.64 bits per heavy atom. The Bertz CT molecular complexity index is 1130. The molecule has 0 aromatic heterocycles. The van der Waals surface area contributed by atoms with E-state index in [-0.39, 0.29) is 18.2 Å². The summed E-state index contributed by atoms with van der Waals surface area (Å²) in [5.41, 5.74) is 0.892. The monoisotopic (exact) mass is 536 g/mol. The lowest BCUT2D eigenvalue weighted by molar-refractivity contribution is -0.101. The highest BCUT2D eigenvalue weighted by Gasteiger charge is 2.46. The number of amides is 2. The molecular weight excluding hydrogens is 492 g/mol. The van der Waals surface area contributed by atoms with Gasteiger partial charge in [-0.05, 0) is 77.0 Å². The molecule has 0 saturated carbocycles. The van der Waals surface area contributed by atoms with E-state index in [1.54, 1.807) is 23.6 Å². The van der Waals surface area contributed by atoms with Crippen LogP contribution in [0.1, 0.15) is 95.9 Å². The SMILES string of the molecule is C[C@@H](c1ccc(C2CCN(C(=O)OC(C)(C)C)CC2)cc1)N1CC[C@](CC(C)(C)O)(c2ccccc2)OC1=O. The number of cyclic esters (lactones) is 1. The van der Waals surface area contributed by atoms with Crippen LogP contribution in [0.5, 0.6) is 0 Å². The molecule has 2 aliphatic rings. The molecule has 1 N–H and O–H groups in total. The minimum absolute atomic E-state index is 0.142. The molecule has 2 aromatic rings. The smallest absolute Gasteiger partial charge is 0.411 e. The molecule has 7 nitrogen and oxygen atoms in total. The number of carbonyl (C=O) groups excluding carboxylic acids is 2. The Hall–Kier alpha value is -3.06. The molecule has 2 atom stereocenters. The first-order chi connectivity index (χ1) is 18.3. The molecule has 2 aliphatic heterocycles. The van der Waals surface area contributed by atoms with Crippen LogP contribution in [0.2, 0.25) is 0 Å². The van der Waals surface area contributed by atoms with Crippen molar-refractivity contribution in [2.45, 2.75) is 96.0 Å². The van der Waals surface area contributed by atoms with Crippen LogP contribution in [0.3, 0.4) is 0 Å². The standard InChI is InChI=1S/C32H44N2O5/c1-23(34-21-18-32(39-29(34)36,22-31(5,6)37)27-10-8-7-9-11-27)24-12-14-25(15-13-24)26-16-19-33(20-17-26)28(35)38-30(2,3)4/h7-15,23,26,37H,16-22H2,1-6H3/t23-,32-/m0/s1. The highest BCUT2D eigenvalue weighted by molar-refractivity contribution is 5.70. The van der Waals surface area contributed by atoms with Gasteiger partial charge in [-0.1, -0.05) is 54.6 Å². The quantitative estimate of drug-likeness (QED) is 0.441. The van der Waals surface area contributed by atoms with Gasteiger partial charge in [-0.2, -0.15) is 0 Å². The van der Waals surface area contributed by atoms with Gasteiger partial charge in [0, 0.05) is 32.5 Å². The highest BCUT2D eigenvalue weighted by atomic mass is 16.6. The summed E-state index contributed by atoms with van der Waals surface area (Å²) < 4.78 is 11.7. The number of rotatable bonds is 6. The Morgan fingerprint density at radius 1 is 1.03 bits per heavy atom. The molecule has 2 saturated heterocycles. The van der Waals surface area contributed by atoms with Gasteiger partial charge in [0.25, 0.3) is 0 Å². The van der Waals surface area contributed by atoms with Crippen molar-refractivity contribution < 1.29 is 24.2 Å². The van der Waals surface area contributed by atoms with Crippen LogP contribution in [-0.4, -0.2) is 57.9 Å². The lowest BCUT2D eigenvalue weighted by Crippen LogP contribution is -2.51. The molecule has 2 fully saturated rings.